The minimum atomic E-state index is -4.25. The fraction of sp³-hybridized carbons (Fsp3) is 0.276. The molecule has 0 unspecified atom stereocenters. The summed E-state index contributed by atoms with van der Waals surface area (Å²) in [6, 6.07) is 10.5. The topological polar surface area (TPSA) is 147 Å². The van der Waals surface area contributed by atoms with Crippen LogP contribution < -0.4 is 15.5 Å². The van der Waals surface area contributed by atoms with Crippen molar-refractivity contribution in [3.8, 4) is 0 Å². The standard InChI is InChI=1S/C29H32F2N8O4S/c1-37(2)11-12-38(3)20-6-7-22(26(16-20)33-29(41)25-5-4-9-32-25)28(40)34-27-23-17-39(10-8-24(23)35-36-27)44(42,43)21-14-18(30)13-19(31)15-21/h4-7,9,13-16,32H,8,10-12,17H2,1-3H3,(H,33,41)(H2,34,35,36,40). The Kier molecular flexibility index (Phi) is 8.80. The van der Waals surface area contributed by atoms with Crippen molar-refractivity contribution in [2.24, 2.45) is 0 Å². The van der Waals surface area contributed by atoms with Crippen LogP contribution in [0.1, 0.15) is 32.1 Å². The number of nitrogens with one attached hydrogen (secondary N) is 4. The number of benzene rings is 2. The second-order valence-corrected chi connectivity index (χ2v) is 12.6. The van der Waals surface area contributed by atoms with Crippen LogP contribution in [0, 0.1) is 11.6 Å². The van der Waals surface area contributed by atoms with Gasteiger partial charge in [-0.2, -0.15) is 9.40 Å². The van der Waals surface area contributed by atoms with E-state index in [9.17, 15) is 26.8 Å². The highest BCUT2D eigenvalue weighted by Gasteiger charge is 2.32. The fourth-order valence-corrected chi connectivity index (χ4v) is 6.24. The monoisotopic (exact) mass is 626 g/mol. The maximum Gasteiger partial charge on any atom is 0.272 e. The van der Waals surface area contributed by atoms with Gasteiger partial charge in [-0.05, 0) is 56.6 Å². The van der Waals surface area contributed by atoms with Crippen molar-refractivity contribution >= 4 is 39.0 Å². The Hall–Kier alpha value is -4.60. The van der Waals surface area contributed by atoms with Crippen LogP contribution >= 0.6 is 0 Å². The smallest absolute Gasteiger partial charge is 0.272 e. The van der Waals surface area contributed by atoms with Crippen molar-refractivity contribution in [2.75, 3.05) is 56.3 Å². The zero-order valence-electron chi connectivity index (χ0n) is 24.3. The van der Waals surface area contributed by atoms with Crippen molar-refractivity contribution in [2.45, 2.75) is 17.9 Å². The zero-order chi connectivity index (χ0) is 31.6. The molecule has 0 fully saturated rings. The van der Waals surface area contributed by atoms with E-state index in [0.717, 1.165) is 28.7 Å². The summed E-state index contributed by atoms with van der Waals surface area (Å²) in [5, 5.41) is 12.6. The number of nitrogens with zero attached hydrogens (tertiary/aromatic N) is 4. The van der Waals surface area contributed by atoms with E-state index >= 15 is 0 Å². The third-order valence-electron chi connectivity index (χ3n) is 7.27. The van der Waals surface area contributed by atoms with Gasteiger partial charge in [0.2, 0.25) is 10.0 Å². The molecule has 1 aliphatic heterocycles. The Labute approximate surface area is 253 Å². The average molecular weight is 627 g/mol. The molecule has 3 heterocycles. The Balaban J connectivity index is 1.40. The number of likely N-dealkylation sites (N-methyl/N-ethyl adjacent to an activating group) is 2. The van der Waals surface area contributed by atoms with Gasteiger partial charge in [-0.1, -0.05) is 0 Å². The maximum atomic E-state index is 13.8. The number of halogens is 2. The molecule has 12 nitrogen and oxygen atoms in total. The van der Waals surface area contributed by atoms with Crippen LogP contribution in [0.15, 0.2) is 59.6 Å². The summed E-state index contributed by atoms with van der Waals surface area (Å²) in [5.74, 6) is -2.94. The van der Waals surface area contributed by atoms with Crippen molar-refractivity contribution in [1.29, 1.82) is 0 Å². The molecule has 0 aliphatic carbocycles. The Morgan fingerprint density at radius 1 is 1.00 bits per heavy atom. The van der Waals surface area contributed by atoms with Crippen molar-refractivity contribution in [1.82, 2.24) is 24.4 Å². The summed E-state index contributed by atoms with van der Waals surface area (Å²) in [4.78, 5) is 32.9. The van der Waals surface area contributed by atoms with Gasteiger partial charge in [0, 0.05) is 68.9 Å². The molecule has 0 spiro atoms. The lowest BCUT2D eigenvalue weighted by molar-refractivity contribution is 0.102. The number of hydrogen-bond acceptors (Lipinski definition) is 7. The van der Waals surface area contributed by atoms with Crippen molar-refractivity contribution < 1.29 is 26.8 Å². The van der Waals surface area contributed by atoms with Crippen molar-refractivity contribution in [3.05, 3.63) is 88.9 Å². The van der Waals surface area contributed by atoms with E-state index in [2.05, 4.69) is 25.8 Å². The van der Waals surface area contributed by atoms with E-state index in [1.807, 2.05) is 30.9 Å². The first-order valence-electron chi connectivity index (χ1n) is 13.7. The van der Waals surface area contributed by atoms with E-state index < -0.39 is 38.4 Å². The first kappa shape index (κ1) is 30.8. The number of aromatic nitrogens is 3. The van der Waals surface area contributed by atoms with Gasteiger partial charge in [0.05, 0.1) is 16.1 Å². The predicted molar refractivity (Wildman–Crippen MR) is 161 cm³/mol. The molecule has 4 N–H and O–H groups in total. The van der Waals surface area contributed by atoms with Crippen LogP contribution in [0.4, 0.5) is 26.0 Å². The minimum absolute atomic E-state index is 0.0424. The van der Waals surface area contributed by atoms with Gasteiger partial charge in [-0.15, -0.1) is 0 Å². The first-order valence-corrected chi connectivity index (χ1v) is 15.1. The van der Waals surface area contributed by atoms with Gasteiger partial charge >= 0.3 is 0 Å². The van der Waals surface area contributed by atoms with Gasteiger partial charge < -0.3 is 25.4 Å². The van der Waals surface area contributed by atoms with Gasteiger partial charge in [-0.25, -0.2) is 17.2 Å². The van der Waals surface area contributed by atoms with E-state index in [1.165, 1.54) is 0 Å². The molecule has 4 aromatic rings. The molecular weight excluding hydrogens is 594 g/mol. The number of anilines is 3. The Morgan fingerprint density at radius 3 is 2.43 bits per heavy atom. The molecule has 0 atom stereocenters. The van der Waals surface area contributed by atoms with Gasteiger partial charge in [0.1, 0.15) is 17.3 Å². The first-order chi connectivity index (χ1) is 20.9. The highest BCUT2D eigenvalue weighted by Crippen LogP contribution is 2.30. The normalized spacial score (nSPS) is 13.5. The number of fused-ring (bicyclic) bond motifs is 1. The second kappa shape index (κ2) is 12.6. The molecule has 15 heteroatoms. The van der Waals surface area contributed by atoms with Gasteiger partial charge in [0.15, 0.2) is 5.82 Å². The predicted octanol–water partition coefficient (Wildman–Crippen LogP) is 3.27. The molecule has 5 rings (SSSR count). The number of carbonyl (C=O) groups is 2. The minimum Gasteiger partial charge on any atom is -0.373 e. The Bertz CT molecular complexity index is 1770. The molecule has 0 bridgehead atoms. The largest absolute Gasteiger partial charge is 0.373 e. The second-order valence-electron chi connectivity index (χ2n) is 10.7. The molecule has 232 valence electrons. The molecule has 2 aromatic heterocycles. The fourth-order valence-electron chi connectivity index (χ4n) is 4.79. The number of rotatable bonds is 10. The molecule has 0 radical (unpaired) electrons. The lowest BCUT2D eigenvalue weighted by Gasteiger charge is -2.26. The van der Waals surface area contributed by atoms with E-state index in [-0.39, 0.29) is 36.6 Å². The SMILES string of the molecule is CN(C)CCN(C)c1ccc(C(=O)Nc2n[nH]c3c2CN(S(=O)(=O)c2cc(F)cc(F)c2)CC3)c(NC(=O)c2ccc[nH]2)c1. The van der Waals surface area contributed by atoms with E-state index in [0.29, 0.717) is 29.6 Å². The molecule has 0 saturated carbocycles. The number of sulfonamides is 1. The number of carbonyl (C=O) groups excluding carboxylic acids is 2. The summed E-state index contributed by atoms with van der Waals surface area (Å²) >= 11 is 0. The van der Waals surface area contributed by atoms with Crippen LogP contribution in [0.5, 0.6) is 0 Å². The van der Waals surface area contributed by atoms with Crippen LogP contribution in [0.2, 0.25) is 0 Å². The highest BCUT2D eigenvalue weighted by atomic mass is 32.2. The number of hydrogen-bond donors (Lipinski definition) is 4. The molecule has 2 amide bonds. The molecule has 0 saturated heterocycles. The quantitative estimate of drug-likeness (QED) is 0.211. The van der Waals surface area contributed by atoms with Gasteiger partial charge in [-0.3, -0.25) is 14.7 Å². The number of amides is 2. The van der Waals surface area contributed by atoms with Gasteiger partial charge in [0.25, 0.3) is 11.8 Å². The summed E-state index contributed by atoms with van der Waals surface area (Å²) in [7, 11) is 1.59. The third kappa shape index (κ3) is 6.64. The summed E-state index contributed by atoms with van der Waals surface area (Å²) in [6.07, 6.45) is 1.85. The van der Waals surface area contributed by atoms with Crippen LogP contribution in [-0.2, 0) is 23.0 Å². The zero-order valence-corrected chi connectivity index (χ0v) is 25.1. The van der Waals surface area contributed by atoms with Crippen LogP contribution in [0.3, 0.4) is 0 Å². The number of H-pyrrole nitrogens is 2. The molecule has 44 heavy (non-hydrogen) atoms. The summed E-state index contributed by atoms with van der Waals surface area (Å²) in [5.41, 5.74) is 2.54. The molecule has 2 aromatic carbocycles. The number of aromatic amines is 2. The summed E-state index contributed by atoms with van der Waals surface area (Å²) in [6.45, 7) is 1.34. The average Bonchev–Trinajstić information content (AvgIpc) is 3.66. The van der Waals surface area contributed by atoms with E-state index in [4.69, 9.17) is 0 Å². The van der Waals surface area contributed by atoms with Crippen LogP contribution in [-0.4, -0.2) is 85.4 Å². The Morgan fingerprint density at radius 2 is 1.75 bits per heavy atom. The molecular formula is C29H32F2N8O4S. The lowest BCUT2D eigenvalue weighted by Crippen LogP contribution is -2.36. The summed E-state index contributed by atoms with van der Waals surface area (Å²) < 4.78 is 55.1. The lowest BCUT2D eigenvalue weighted by atomic mass is 10.1. The molecule has 1 aliphatic rings. The maximum absolute atomic E-state index is 13.8. The third-order valence-corrected chi connectivity index (χ3v) is 9.09. The van der Waals surface area contributed by atoms with E-state index in [1.54, 1.807) is 36.5 Å². The van der Waals surface area contributed by atoms with Crippen LogP contribution in [0.25, 0.3) is 0 Å². The van der Waals surface area contributed by atoms with Crippen molar-refractivity contribution in [3.63, 3.8) is 0 Å². The highest BCUT2D eigenvalue weighted by molar-refractivity contribution is 7.89.